The summed E-state index contributed by atoms with van der Waals surface area (Å²) in [6.07, 6.45) is 0. The molecule has 0 fully saturated rings. The molecule has 0 amide bonds. The van der Waals surface area contributed by atoms with Gasteiger partial charge in [-0.25, -0.2) is 0 Å². The number of methoxy groups -OCH3 is 1. The fourth-order valence-electron chi connectivity index (χ4n) is 2.56. The van der Waals surface area contributed by atoms with Crippen LogP contribution in [0.5, 0.6) is 5.75 Å². The monoisotopic (exact) mass is 383 g/mol. The lowest BCUT2D eigenvalue weighted by Gasteiger charge is -2.27. The molecule has 2 nitrogen and oxygen atoms in total. The Bertz CT molecular complexity index is 665. The largest absolute Gasteiger partial charge is 0.493 e. The molecule has 1 unspecified atom stereocenters. The van der Waals surface area contributed by atoms with Crippen LogP contribution in [0.4, 0.5) is 5.69 Å². The maximum atomic E-state index is 6.17. The summed E-state index contributed by atoms with van der Waals surface area (Å²) >= 11 is 11.6. The van der Waals surface area contributed by atoms with Gasteiger partial charge < -0.3 is 10.1 Å². The zero-order chi connectivity index (χ0) is 14.8. The second-order valence-electron chi connectivity index (χ2n) is 4.88. The third kappa shape index (κ3) is 3.17. The third-order valence-corrected chi connectivity index (χ3v) is 5.41. The molecule has 1 atom stereocenters. The highest BCUT2D eigenvalue weighted by atomic mass is 79.9. The maximum Gasteiger partial charge on any atom is 0.156 e. The molecule has 1 aliphatic heterocycles. The Kier molecular flexibility index (Phi) is 4.67. The van der Waals surface area contributed by atoms with Gasteiger partial charge in [0, 0.05) is 16.5 Å². The molecule has 0 radical (unpaired) electrons. The summed E-state index contributed by atoms with van der Waals surface area (Å²) in [5.41, 5.74) is 3.67. The topological polar surface area (TPSA) is 21.3 Å². The average Bonchev–Trinajstić information content (AvgIpc) is 2.47. The first-order chi connectivity index (χ1) is 10.2. The summed E-state index contributed by atoms with van der Waals surface area (Å²) in [4.78, 5) is 0. The lowest BCUT2D eigenvalue weighted by Crippen LogP contribution is -2.19. The molecule has 2 aromatic carbocycles. The molecule has 21 heavy (non-hydrogen) atoms. The van der Waals surface area contributed by atoms with E-state index in [2.05, 4.69) is 45.5 Å². The average molecular weight is 385 g/mol. The molecule has 1 N–H and O–H groups in total. The van der Waals surface area contributed by atoms with Gasteiger partial charge in [0.1, 0.15) is 0 Å². The summed E-state index contributed by atoms with van der Waals surface area (Å²) in [5, 5.41) is 4.26. The number of thioether (sulfide) groups is 1. The van der Waals surface area contributed by atoms with Crippen molar-refractivity contribution in [2.45, 2.75) is 11.8 Å². The molecule has 1 aliphatic rings. The van der Waals surface area contributed by atoms with Crippen LogP contribution in [0.3, 0.4) is 0 Å². The Hall–Kier alpha value is -0.840. The minimum absolute atomic E-state index is 0.263. The van der Waals surface area contributed by atoms with Crippen LogP contribution in [-0.4, -0.2) is 12.9 Å². The lowest BCUT2D eigenvalue weighted by atomic mass is 10.0. The van der Waals surface area contributed by atoms with Gasteiger partial charge in [0.2, 0.25) is 0 Å². The molecular formula is C16H15BrClNOS. The molecule has 1 heterocycles. The highest BCUT2D eigenvalue weighted by Gasteiger charge is 2.21. The first-order valence-corrected chi connectivity index (χ1v) is 8.96. The van der Waals surface area contributed by atoms with Gasteiger partial charge in [-0.2, -0.15) is 11.8 Å². The van der Waals surface area contributed by atoms with E-state index in [1.807, 2.05) is 23.9 Å². The maximum absolute atomic E-state index is 6.17. The molecule has 0 saturated heterocycles. The Morgan fingerprint density at radius 3 is 2.95 bits per heavy atom. The molecule has 110 valence electrons. The van der Waals surface area contributed by atoms with E-state index in [0.29, 0.717) is 5.02 Å². The second-order valence-corrected chi connectivity index (χ2v) is 7.20. The van der Waals surface area contributed by atoms with Crippen LogP contribution in [0.15, 0.2) is 40.9 Å². The van der Waals surface area contributed by atoms with E-state index in [0.717, 1.165) is 27.4 Å². The van der Waals surface area contributed by atoms with Crippen molar-refractivity contribution >= 4 is 45.0 Å². The minimum Gasteiger partial charge on any atom is -0.493 e. The second kappa shape index (κ2) is 6.51. The summed E-state index contributed by atoms with van der Waals surface area (Å²) in [7, 11) is 1.67. The minimum atomic E-state index is 0.263. The van der Waals surface area contributed by atoms with Crippen molar-refractivity contribution in [1.29, 1.82) is 0 Å². The molecule has 0 aliphatic carbocycles. The van der Waals surface area contributed by atoms with Crippen LogP contribution in [0, 0.1) is 0 Å². The molecule has 0 aromatic heterocycles. The van der Waals surface area contributed by atoms with Gasteiger partial charge in [-0.1, -0.05) is 35.9 Å². The number of hydrogen-bond acceptors (Lipinski definition) is 3. The summed E-state index contributed by atoms with van der Waals surface area (Å²) in [6, 6.07) is 12.6. The molecule has 0 spiro atoms. The smallest absolute Gasteiger partial charge is 0.156 e. The highest BCUT2D eigenvalue weighted by Crippen LogP contribution is 2.40. The molecule has 0 saturated carbocycles. The molecule has 2 aromatic rings. The van der Waals surface area contributed by atoms with Gasteiger partial charge in [0.15, 0.2) is 5.75 Å². The van der Waals surface area contributed by atoms with Crippen LogP contribution < -0.4 is 10.1 Å². The number of halogens is 2. The summed E-state index contributed by atoms with van der Waals surface area (Å²) in [5.74, 6) is 2.89. The number of nitrogens with one attached hydrogen (secondary N) is 1. The van der Waals surface area contributed by atoms with Crippen molar-refractivity contribution in [1.82, 2.24) is 0 Å². The fraction of sp³-hybridized carbons (Fsp3) is 0.250. The van der Waals surface area contributed by atoms with Gasteiger partial charge in [-0.05, 0) is 39.2 Å². The van der Waals surface area contributed by atoms with E-state index < -0.39 is 0 Å². The van der Waals surface area contributed by atoms with Crippen molar-refractivity contribution in [3.05, 3.63) is 57.0 Å². The van der Waals surface area contributed by atoms with E-state index >= 15 is 0 Å². The molecular weight excluding hydrogens is 370 g/mol. The van der Waals surface area contributed by atoms with Crippen molar-refractivity contribution in [3.8, 4) is 5.75 Å². The Balaban J connectivity index is 1.95. The first kappa shape index (κ1) is 15.1. The van der Waals surface area contributed by atoms with Gasteiger partial charge in [0.25, 0.3) is 0 Å². The molecule has 5 heteroatoms. The number of anilines is 1. The zero-order valence-electron chi connectivity index (χ0n) is 11.5. The number of benzene rings is 2. The van der Waals surface area contributed by atoms with Gasteiger partial charge in [-0.15, -0.1) is 0 Å². The van der Waals surface area contributed by atoms with E-state index in [4.69, 9.17) is 16.3 Å². The fourth-order valence-corrected chi connectivity index (χ4v) is 4.64. The Labute approximate surface area is 142 Å². The molecule has 0 bridgehead atoms. The Morgan fingerprint density at radius 1 is 1.33 bits per heavy atom. The third-order valence-electron chi connectivity index (χ3n) is 3.51. The van der Waals surface area contributed by atoms with Gasteiger partial charge in [-0.3, -0.25) is 0 Å². The van der Waals surface area contributed by atoms with Gasteiger partial charge in [0.05, 0.1) is 23.3 Å². The first-order valence-electron chi connectivity index (χ1n) is 6.64. The van der Waals surface area contributed by atoms with E-state index in [1.54, 1.807) is 7.11 Å². The van der Waals surface area contributed by atoms with Gasteiger partial charge >= 0.3 is 0 Å². The van der Waals surface area contributed by atoms with E-state index in [-0.39, 0.29) is 6.04 Å². The number of hydrogen-bond donors (Lipinski definition) is 1. The van der Waals surface area contributed by atoms with Crippen molar-refractivity contribution in [3.63, 3.8) is 0 Å². The summed E-state index contributed by atoms with van der Waals surface area (Å²) in [6.45, 7) is 0. The van der Waals surface area contributed by atoms with E-state index in [9.17, 15) is 0 Å². The summed E-state index contributed by atoms with van der Waals surface area (Å²) < 4.78 is 6.34. The van der Waals surface area contributed by atoms with Crippen LogP contribution in [0.1, 0.15) is 17.2 Å². The lowest BCUT2D eigenvalue weighted by molar-refractivity contribution is 0.413. The van der Waals surface area contributed by atoms with Crippen LogP contribution in [0.25, 0.3) is 0 Å². The predicted molar refractivity (Wildman–Crippen MR) is 94.7 cm³/mol. The number of fused-ring (bicyclic) bond motifs is 1. The van der Waals surface area contributed by atoms with Crippen molar-refractivity contribution in [2.24, 2.45) is 0 Å². The quantitative estimate of drug-likeness (QED) is 0.754. The standard InChI is InChI=1S/C16H15BrClNOS/c1-20-16-13(17)6-11(18)7-14(16)19-15-9-21-8-10-4-2-3-5-12(10)15/h2-7,15,19H,8-9H2,1H3. The zero-order valence-corrected chi connectivity index (χ0v) is 14.7. The molecule has 3 rings (SSSR count). The predicted octanol–water partition coefficient (Wildman–Crippen LogP) is 5.51. The SMILES string of the molecule is COc1c(Br)cc(Cl)cc1NC1CSCc2ccccc21. The normalized spacial score (nSPS) is 17.2. The van der Waals surface area contributed by atoms with Crippen LogP contribution >= 0.6 is 39.3 Å². The Morgan fingerprint density at radius 2 is 2.14 bits per heavy atom. The van der Waals surface area contributed by atoms with Crippen LogP contribution in [0.2, 0.25) is 5.02 Å². The van der Waals surface area contributed by atoms with Crippen molar-refractivity contribution in [2.75, 3.05) is 18.2 Å². The van der Waals surface area contributed by atoms with Crippen molar-refractivity contribution < 1.29 is 4.74 Å². The van der Waals surface area contributed by atoms with Crippen LogP contribution in [-0.2, 0) is 5.75 Å². The highest BCUT2D eigenvalue weighted by molar-refractivity contribution is 9.10. The number of ether oxygens (including phenoxy) is 1. The number of rotatable bonds is 3. The van der Waals surface area contributed by atoms with E-state index in [1.165, 1.54) is 11.1 Å².